The van der Waals surface area contributed by atoms with Gasteiger partial charge in [0.05, 0.1) is 6.04 Å². The molecule has 0 aliphatic rings. The van der Waals surface area contributed by atoms with Gasteiger partial charge in [-0.3, -0.25) is 4.99 Å². The molecular formula is C7H15N3. The van der Waals surface area contributed by atoms with Gasteiger partial charge in [0.15, 0.2) is 0 Å². The fourth-order valence-corrected chi connectivity index (χ4v) is 0.326. The van der Waals surface area contributed by atoms with Gasteiger partial charge in [-0.2, -0.15) is 5.11 Å². The minimum absolute atomic E-state index is 0.263. The van der Waals surface area contributed by atoms with Gasteiger partial charge in [0, 0.05) is 6.04 Å². The summed E-state index contributed by atoms with van der Waals surface area (Å²) in [6, 6.07) is 0.574. The smallest absolute Gasteiger partial charge is 0.132 e. The molecule has 0 bridgehead atoms. The second-order valence-electron chi connectivity index (χ2n) is 2.68. The summed E-state index contributed by atoms with van der Waals surface area (Å²) in [5.74, 6) is 0. The molecule has 0 aromatic rings. The van der Waals surface area contributed by atoms with Gasteiger partial charge in [0.2, 0.25) is 0 Å². The Labute approximate surface area is 62.3 Å². The van der Waals surface area contributed by atoms with Gasteiger partial charge >= 0.3 is 0 Å². The van der Waals surface area contributed by atoms with E-state index in [-0.39, 0.29) is 6.04 Å². The first-order valence-electron chi connectivity index (χ1n) is 3.54. The maximum absolute atomic E-state index is 4.01. The molecule has 0 aromatic heterocycles. The molecule has 0 unspecified atom stereocenters. The number of nitrogens with zero attached hydrogens (tertiary/aromatic N) is 3. The second kappa shape index (κ2) is 5.09. The van der Waals surface area contributed by atoms with Crippen molar-refractivity contribution in [2.24, 2.45) is 15.2 Å². The van der Waals surface area contributed by atoms with Crippen LogP contribution in [-0.4, -0.2) is 18.4 Å². The summed E-state index contributed by atoms with van der Waals surface area (Å²) in [6.07, 6.45) is 1.50. The Bertz CT molecular complexity index is 109. The number of hydrogen-bond acceptors (Lipinski definition) is 2. The van der Waals surface area contributed by atoms with Gasteiger partial charge in [-0.15, -0.1) is 5.11 Å². The molecule has 0 aliphatic carbocycles. The van der Waals surface area contributed by atoms with Gasteiger partial charge in [0.25, 0.3) is 0 Å². The standard InChI is InChI=1S/C7H15N3/c1-6(2)8-5-9-10-7(3)4/h5-7H,1-4H3/b8-5-,10-9-. The highest BCUT2D eigenvalue weighted by atomic mass is 15.1. The van der Waals surface area contributed by atoms with E-state index in [1.54, 1.807) is 0 Å². The molecule has 0 aliphatic heterocycles. The normalized spacial score (nSPS) is 13.0. The largest absolute Gasteiger partial charge is 0.269 e. The van der Waals surface area contributed by atoms with Crippen LogP contribution in [0.25, 0.3) is 0 Å². The number of azo groups is 1. The monoisotopic (exact) mass is 141 g/mol. The van der Waals surface area contributed by atoms with E-state index < -0.39 is 0 Å². The fourth-order valence-electron chi connectivity index (χ4n) is 0.326. The Morgan fingerprint density at radius 2 is 1.60 bits per heavy atom. The first kappa shape index (κ1) is 9.27. The average molecular weight is 141 g/mol. The molecule has 3 nitrogen and oxygen atoms in total. The van der Waals surface area contributed by atoms with E-state index in [0.717, 1.165) is 0 Å². The zero-order valence-electron chi connectivity index (χ0n) is 7.07. The summed E-state index contributed by atoms with van der Waals surface area (Å²) < 4.78 is 0. The van der Waals surface area contributed by atoms with Crippen LogP contribution in [0.4, 0.5) is 0 Å². The molecule has 0 spiro atoms. The van der Waals surface area contributed by atoms with Crippen LogP contribution in [0.2, 0.25) is 0 Å². The predicted molar refractivity (Wildman–Crippen MR) is 43.6 cm³/mol. The lowest BCUT2D eigenvalue weighted by atomic mass is 10.4. The van der Waals surface area contributed by atoms with E-state index >= 15 is 0 Å². The van der Waals surface area contributed by atoms with E-state index in [0.29, 0.717) is 6.04 Å². The van der Waals surface area contributed by atoms with Crippen LogP contribution in [0.1, 0.15) is 27.7 Å². The summed E-state index contributed by atoms with van der Waals surface area (Å²) in [7, 11) is 0. The quantitative estimate of drug-likeness (QED) is 0.328. The summed E-state index contributed by atoms with van der Waals surface area (Å²) in [4.78, 5) is 4.01. The van der Waals surface area contributed by atoms with Gasteiger partial charge in [0.1, 0.15) is 6.34 Å². The van der Waals surface area contributed by atoms with Crippen LogP contribution in [0.15, 0.2) is 15.2 Å². The maximum Gasteiger partial charge on any atom is 0.132 e. The topological polar surface area (TPSA) is 37.1 Å². The van der Waals surface area contributed by atoms with Crippen molar-refractivity contribution in [2.45, 2.75) is 39.8 Å². The van der Waals surface area contributed by atoms with Crippen molar-refractivity contribution >= 4 is 6.34 Å². The van der Waals surface area contributed by atoms with E-state index in [9.17, 15) is 0 Å². The molecule has 0 fully saturated rings. The molecule has 10 heavy (non-hydrogen) atoms. The molecule has 0 rings (SSSR count). The van der Waals surface area contributed by atoms with Crippen molar-refractivity contribution in [3.8, 4) is 0 Å². The Hall–Kier alpha value is -0.730. The lowest BCUT2D eigenvalue weighted by Gasteiger charge is -1.91. The zero-order valence-corrected chi connectivity index (χ0v) is 7.07. The third kappa shape index (κ3) is 7.27. The van der Waals surface area contributed by atoms with Crippen LogP contribution in [0.3, 0.4) is 0 Å². The third-order valence-corrected chi connectivity index (χ3v) is 0.714. The lowest BCUT2D eigenvalue weighted by Crippen LogP contribution is -1.88. The highest BCUT2D eigenvalue weighted by molar-refractivity contribution is 5.54. The molecule has 0 atom stereocenters. The Kier molecular flexibility index (Phi) is 4.72. The summed E-state index contributed by atoms with van der Waals surface area (Å²) in [5, 5.41) is 7.62. The maximum atomic E-state index is 4.01. The Morgan fingerprint density at radius 1 is 1.00 bits per heavy atom. The van der Waals surface area contributed by atoms with Crippen molar-refractivity contribution in [1.29, 1.82) is 0 Å². The van der Waals surface area contributed by atoms with Crippen molar-refractivity contribution in [2.75, 3.05) is 0 Å². The molecule has 3 heteroatoms. The number of rotatable bonds is 3. The summed E-state index contributed by atoms with van der Waals surface area (Å²) in [5.41, 5.74) is 0. The first-order valence-corrected chi connectivity index (χ1v) is 3.54. The molecule has 0 saturated carbocycles. The van der Waals surface area contributed by atoms with Gasteiger partial charge in [-0.1, -0.05) is 0 Å². The first-order chi connectivity index (χ1) is 4.63. The van der Waals surface area contributed by atoms with Crippen LogP contribution in [0.5, 0.6) is 0 Å². The highest BCUT2D eigenvalue weighted by Gasteiger charge is 1.83. The second-order valence-corrected chi connectivity index (χ2v) is 2.68. The molecule has 0 amide bonds. The molecule has 0 aromatic carbocycles. The number of hydrogen-bond donors (Lipinski definition) is 0. The van der Waals surface area contributed by atoms with E-state index in [1.807, 2.05) is 27.7 Å². The molecule has 58 valence electrons. The van der Waals surface area contributed by atoms with Crippen molar-refractivity contribution < 1.29 is 0 Å². The lowest BCUT2D eigenvalue weighted by molar-refractivity contribution is 0.781. The summed E-state index contributed by atoms with van der Waals surface area (Å²) >= 11 is 0. The van der Waals surface area contributed by atoms with Gasteiger partial charge in [-0.25, -0.2) is 0 Å². The fraction of sp³-hybridized carbons (Fsp3) is 0.857. The molecule has 0 radical (unpaired) electrons. The molecule has 0 saturated heterocycles. The van der Waals surface area contributed by atoms with E-state index in [2.05, 4.69) is 15.2 Å². The molecule has 0 N–H and O–H groups in total. The Balaban J connectivity index is 3.52. The van der Waals surface area contributed by atoms with Gasteiger partial charge in [-0.05, 0) is 27.7 Å². The predicted octanol–water partition coefficient (Wildman–Crippen LogP) is 2.28. The summed E-state index contributed by atoms with van der Waals surface area (Å²) in [6.45, 7) is 7.96. The van der Waals surface area contributed by atoms with E-state index in [1.165, 1.54) is 6.34 Å². The van der Waals surface area contributed by atoms with Crippen LogP contribution in [0, 0.1) is 0 Å². The van der Waals surface area contributed by atoms with Crippen molar-refractivity contribution in [3.05, 3.63) is 0 Å². The Morgan fingerprint density at radius 3 is 2.00 bits per heavy atom. The minimum Gasteiger partial charge on any atom is -0.269 e. The van der Waals surface area contributed by atoms with Crippen molar-refractivity contribution in [3.63, 3.8) is 0 Å². The minimum atomic E-state index is 0.263. The van der Waals surface area contributed by atoms with E-state index in [4.69, 9.17) is 0 Å². The number of aliphatic imine (C=N–C) groups is 1. The molecular weight excluding hydrogens is 126 g/mol. The van der Waals surface area contributed by atoms with Crippen LogP contribution >= 0.6 is 0 Å². The van der Waals surface area contributed by atoms with Gasteiger partial charge < -0.3 is 0 Å². The third-order valence-electron chi connectivity index (χ3n) is 0.714. The molecule has 0 heterocycles. The average Bonchev–Trinajstić information content (AvgIpc) is 1.79. The van der Waals surface area contributed by atoms with Crippen LogP contribution in [-0.2, 0) is 0 Å². The van der Waals surface area contributed by atoms with Crippen molar-refractivity contribution in [1.82, 2.24) is 0 Å². The zero-order chi connectivity index (χ0) is 7.98. The SMILES string of the molecule is CC(C)/N=C\N=N/C(C)C. The highest BCUT2D eigenvalue weighted by Crippen LogP contribution is 1.87. The van der Waals surface area contributed by atoms with Crippen LogP contribution < -0.4 is 0 Å².